The number of carbonyl (C=O) groups excluding carboxylic acids is 2. The largest absolute Gasteiger partial charge is 0.481 e. The summed E-state index contributed by atoms with van der Waals surface area (Å²) in [5, 5.41) is 5.29. The Labute approximate surface area is 129 Å². The van der Waals surface area contributed by atoms with Crippen LogP contribution in [0, 0.1) is 17.8 Å². The SMILES string of the molecule is COc1ccc(NC(=O)C(=O)NC[C@H]2C[C@H]3CC[C@H]2C3)cn1. The molecule has 0 radical (unpaired) electrons. The summed E-state index contributed by atoms with van der Waals surface area (Å²) in [6, 6.07) is 3.27. The minimum Gasteiger partial charge on any atom is -0.481 e. The first-order valence-corrected chi connectivity index (χ1v) is 7.75. The number of hydrogen-bond acceptors (Lipinski definition) is 4. The molecule has 1 aromatic heterocycles. The van der Waals surface area contributed by atoms with Crippen molar-refractivity contribution in [3.8, 4) is 5.88 Å². The van der Waals surface area contributed by atoms with Gasteiger partial charge in [0.05, 0.1) is 19.0 Å². The Morgan fingerprint density at radius 2 is 2.14 bits per heavy atom. The number of fused-ring (bicyclic) bond motifs is 2. The smallest absolute Gasteiger partial charge is 0.313 e. The van der Waals surface area contributed by atoms with Crippen molar-refractivity contribution in [1.82, 2.24) is 10.3 Å². The maximum Gasteiger partial charge on any atom is 0.313 e. The van der Waals surface area contributed by atoms with Crippen molar-refractivity contribution in [2.75, 3.05) is 19.0 Å². The van der Waals surface area contributed by atoms with Crippen LogP contribution in [0.3, 0.4) is 0 Å². The molecule has 2 aliphatic rings. The third kappa shape index (κ3) is 3.21. The average molecular weight is 303 g/mol. The number of pyridine rings is 1. The summed E-state index contributed by atoms with van der Waals surface area (Å²) in [6.45, 7) is 0.605. The van der Waals surface area contributed by atoms with Crippen molar-refractivity contribution >= 4 is 17.5 Å². The van der Waals surface area contributed by atoms with Gasteiger partial charge in [-0.05, 0) is 43.1 Å². The van der Waals surface area contributed by atoms with Gasteiger partial charge in [-0.25, -0.2) is 4.98 Å². The lowest BCUT2D eigenvalue weighted by Crippen LogP contribution is -2.39. The molecule has 2 bridgehead atoms. The first kappa shape index (κ1) is 14.8. The van der Waals surface area contributed by atoms with Gasteiger partial charge in [0.1, 0.15) is 0 Å². The van der Waals surface area contributed by atoms with E-state index in [2.05, 4.69) is 15.6 Å². The van der Waals surface area contributed by atoms with Crippen LogP contribution in [0.1, 0.15) is 25.7 Å². The fourth-order valence-corrected chi connectivity index (χ4v) is 3.69. The molecular formula is C16H21N3O3. The highest BCUT2D eigenvalue weighted by Gasteiger charge is 2.39. The summed E-state index contributed by atoms with van der Waals surface area (Å²) in [6.07, 6.45) is 6.55. The van der Waals surface area contributed by atoms with Crippen LogP contribution in [0.2, 0.25) is 0 Å². The maximum atomic E-state index is 11.9. The van der Waals surface area contributed by atoms with Gasteiger partial charge in [-0.3, -0.25) is 9.59 Å². The van der Waals surface area contributed by atoms with Gasteiger partial charge in [0.25, 0.3) is 0 Å². The van der Waals surface area contributed by atoms with Crippen molar-refractivity contribution in [3.63, 3.8) is 0 Å². The normalized spacial score (nSPS) is 25.8. The molecule has 6 heteroatoms. The van der Waals surface area contributed by atoms with E-state index in [0.717, 1.165) is 11.8 Å². The highest BCUT2D eigenvalue weighted by atomic mass is 16.5. The lowest BCUT2D eigenvalue weighted by Gasteiger charge is -2.21. The summed E-state index contributed by atoms with van der Waals surface area (Å²) >= 11 is 0. The van der Waals surface area contributed by atoms with Crippen LogP contribution in [0.4, 0.5) is 5.69 Å². The number of rotatable bonds is 4. The van der Waals surface area contributed by atoms with Crippen molar-refractivity contribution in [2.24, 2.45) is 17.8 Å². The van der Waals surface area contributed by atoms with Gasteiger partial charge in [-0.15, -0.1) is 0 Å². The van der Waals surface area contributed by atoms with E-state index in [0.29, 0.717) is 24.0 Å². The lowest BCUT2D eigenvalue weighted by molar-refractivity contribution is -0.136. The predicted molar refractivity (Wildman–Crippen MR) is 81.4 cm³/mol. The zero-order chi connectivity index (χ0) is 15.5. The molecule has 2 N–H and O–H groups in total. The Kier molecular flexibility index (Phi) is 4.27. The molecule has 0 aromatic carbocycles. The summed E-state index contributed by atoms with van der Waals surface area (Å²) in [5.74, 6) is 1.33. The molecule has 2 fully saturated rings. The molecule has 3 atom stereocenters. The van der Waals surface area contributed by atoms with Crippen LogP contribution < -0.4 is 15.4 Å². The fourth-order valence-electron chi connectivity index (χ4n) is 3.69. The number of nitrogens with zero attached hydrogens (tertiary/aromatic N) is 1. The third-order valence-electron chi connectivity index (χ3n) is 4.82. The maximum absolute atomic E-state index is 11.9. The Morgan fingerprint density at radius 1 is 1.27 bits per heavy atom. The minimum atomic E-state index is -0.657. The third-order valence-corrected chi connectivity index (χ3v) is 4.82. The number of hydrogen-bond donors (Lipinski definition) is 2. The molecule has 1 heterocycles. The number of nitrogens with one attached hydrogen (secondary N) is 2. The van der Waals surface area contributed by atoms with Crippen LogP contribution in [0.5, 0.6) is 5.88 Å². The summed E-state index contributed by atoms with van der Waals surface area (Å²) in [5.41, 5.74) is 0.473. The molecule has 2 saturated carbocycles. The zero-order valence-electron chi connectivity index (χ0n) is 12.7. The van der Waals surface area contributed by atoms with Crippen LogP contribution in [-0.4, -0.2) is 30.5 Å². The molecule has 0 saturated heterocycles. The molecule has 2 amide bonds. The van der Waals surface area contributed by atoms with Crippen LogP contribution in [0.25, 0.3) is 0 Å². The lowest BCUT2D eigenvalue weighted by atomic mass is 9.89. The van der Waals surface area contributed by atoms with E-state index in [1.807, 2.05) is 0 Å². The number of ether oxygens (including phenoxy) is 1. The zero-order valence-corrected chi connectivity index (χ0v) is 12.7. The van der Waals surface area contributed by atoms with Crippen LogP contribution in [-0.2, 0) is 9.59 Å². The predicted octanol–water partition coefficient (Wildman–Crippen LogP) is 1.58. The molecule has 2 aliphatic carbocycles. The molecule has 1 aromatic rings. The fraction of sp³-hybridized carbons (Fsp3) is 0.562. The molecule has 0 aliphatic heterocycles. The number of methoxy groups -OCH3 is 1. The van der Waals surface area contributed by atoms with Gasteiger partial charge in [-0.2, -0.15) is 0 Å². The second kappa shape index (κ2) is 6.34. The Balaban J connectivity index is 1.46. The quantitative estimate of drug-likeness (QED) is 0.828. The molecule has 3 rings (SSSR count). The highest BCUT2D eigenvalue weighted by Crippen LogP contribution is 2.47. The monoisotopic (exact) mass is 303 g/mol. The van der Waals surface area contributed by atoms with E-state index in [-0.39, 0.29) is 0 Å². The highest BCUT2D eigenvalue weighted by molar-refractivity contribution is 6.39. The molecule has 22 heavy (non-hydrogen) atoms. The average Bonchev–Trinajstić information content (AvgIpc) is 3.16. The van der Waals surface area contributed by atoms with Crippen molar-refractivity contribution in [2.45, 2.75) is 25.7 Å². The van der Waals surface area contributed by atoms with E-state index in [1.54, 1.807) is 12.1 Å². The standard InChI is InChI=1S/C16H21N3O3/c1-22-14-5-4-13(9-17-14)19-16(21)15(20)18-8-12-7-10-2-3-11(12)6-10/h4-5,9-12H,2-3,6-8H2,1H3,(H,18,20)(H,19,21)/t10-,11-,12+/m0/s1. The Bertz CT molecular complexity index is 558. The second-order valence-corrected chi connectivity index (χ2v) is 6.19. The van der Waals surface area contributed by atoms with Crippen molar-refractivity contribution < 1.29 is 14.3 Å². The van der Waals surface area contributed by atoms with Gasteiger partial charge in [0.15, 0.2) is 0 Å². The minimum absolute atomic E-state index is 0.457. The van der Waals surface area contributed by atoms with E-state index in [1.165, 1.54) is 39.0 Å². The Morgan fingerprint density at radius 3 is 2.73 bits per heavy atom. The number of aromatic nitrogens is 1. The molecular weight excluding hydrogens is 282 g/mol. The molecule has 0 unspecified atom stereocenters. The van der Waals surface area contributed by atoms with Gasteiger partial charge in [-0.1, -0.05) is 6.42 Å². The number of anilines is 1. The van der Waals surface area contributed by atoms with E-state index >= 15 is 0 Å². The van der Waals surface area contributed by atoms with E-state index in [9.17, 15) is 9.59 Å². The van der Waals surface area contributed by atoms with Crippen molar-refractivity contribution in [3.05, 3.63) is 18.3 Å². The number of carbonyl (C=O) groups is 2. The summed E-state index contributed by atoms with van der Waals surface area (Å²) in [4.78, 5) is 27.7. The van der Waals surface area contributed by atoms with E-state index in [4.69, 9.17) is 4.74 Å². The first-order chi connectivity index (χ1) is 10.7. The molecule has 6 nitrogen and oxygen atoms in total. The van der Waals surface area contributed by atoms with E-state index < -0.39 is 11.8 Å². The molecule has 0 spiro atoms. The van der Waals surface area contributed by atoms with Gasteiger partial charge < -0.3 is 15.4 Å². The van der Waals surface area contributed by atoms with Crippen molar-refractivity contribution in [1.29, 1.82) is 0 Å². The summed E-state index contributed by atoms with van der Waals surface area (Å²) in [7, 11) is 1.52. The summed E-state index contributed by atoms with van der Waals surface area (Å²) < 4.78 is 4.94. The van der Waals surface area contributed by atoms with Crippen LogP contribution in [0.15, 0.2) is 18.3 Å². The molecule has 118 valence electrons. The van der Waals surface area contributed by atoms with Gasteiger partial charge in [0, 0.05) is 12.6 Å². The Hall–Kier alpha value is -2.11. The first-order valence-electron chi connectivity index (χ1n) is 7.75. The van der Waals surface area contributed by atoms with Crippen LogP contribution >= 0.6 is 0 Å². The van der Waals surface area contributed by atoms with Gasteiger partial charge in [0.2, 0.25) is 5.88 Å². The number of amides is 2. The topological polar surface area (TPSA) is 80.3 Å². The second-order valence-electron chi connectivity index (χ2n) is 6.19. The van der Waals surface area contributed by atoms with Gasteiger partial charge >= 0.3 is 11.8 Å².